The summed E-state index contributed by atoms with van der Waals surface area (Å²) < 4.78 is 5.27. The van der Waals surface area contributed by atoms with Crippen LogP contribution >= 0.6 is 0 Å². The van der Waals surface area contributed by atoms with Crippen LogP contribution in [0.2, 0.25) is 0 Å². The zero-order valence-electron chi connectivity index (χ0n) is 9.94. The first kappa shape index (κ1) is 11.8. The van der Waals surface area contributed by atoms with Gasteiger partial charge in [-0.15, -0.1) is 0 Å². The van der Waals surface area contributed by atoms with E-state index in [4.69, 9.17) is 4.74 Å². The van der Waals surface area contributed by atoms with Crippen LogP contribution in [0, 0.1) is 0 Å². The van der Waals surface area contributed by atoms with E-state index in [1.807, 2.05) is 18.2 Å². The molecule has 0 spiro atoms. The normalized spacial score (nSPS) is 15.5. The quantitative estimate of drug-likeness (QED) is 0.749. The molecule has 1 aliphatic rings. The molecule has 90 valence electrons. The molecule has 0 heterocycles. The first-order valence-corrected chi connectivity index (χ1v) is 6.01. The molecule has 0 aliphatic heterocycles. The van der Waals surface area contributed by atoms with Gasteiger partial charge in [0.2, 0.25) is 0 Å². The molecule has 1 aromatic carbocycles. The van der Waals surface area contributed by atoms with E-state index in [1.165, 1.54) is 0 Å². The van der Waals surface area contributed by atoms with Crippen molar-refractivity contribution in [2.75, 3.05) is 0 Å². The summed E-state index contributed by atoms with van der Waals surface area (Å²) in [5, 5.41) is 0. The molecule has 0 unspecified atom stereocenters. The van der Waals surface area contributed by atoms with Crippen molar-refractivity contribution in [1.29, 1.82) is 0 Å². The molecular formula is C14H16O3. The van der Waals surface area contributed by atoms with Crippen LogP contribution in [0.1, 0.15) is 42.1 Å². The van der Waals surface area contributed by atoms with Crippen LogP contribution in [0.15, 0.2) is 24.3 Å². The molecule has 0 aromatic heterocycles. The van der Waals surface area contributed by atoms with Crippen LogP contribution in [-0.4, -0.2) is 17.9 Å². The number of esters is 1. The van der Waals surface area contributed by atoms with Crippen molar-refractivity contribution in [2.24, 2.45) is 0 Å². The van der Waals surface area contributed by atoms with Gasteiger partial charge in [-0.05, 0) is 18.1 Å². The van der Waals surface area contributed by atoms with Crippen molar-refractivity contribution in [3.63, 3.8) is 0 Å². The van der Waals surface area contributed by atoms with E-state index in [9.17, 15) is 9.59 Å². The molecule has 1 fully saturated rings. The maximum Gasteiger partial charge on any atom is 0.338 e. The standard InChI is InChI=1S/C14H16O3/c1-2-5-10-6-3-4-7-13(10)14(16)17-12-8-11(15)9-12/h3-4,6-7,12H,2,5,8-9H2,1H3. The van der Waals surface area contributed by atoms with E-state index in [0.717, 1.165) is 18.4 Å². The Kier molecular flexibility index (Phi) is 3.57. The highest BCUT2D eigenvalue weighted by molar-refractivity contribution is 5.93. The van der Waals surface area contributed by atoms with Crippen LogP contribution in [0.4, 0.5) is 0 Å². The summed E-state index contributed by atoms with van der Waals surface area (Å²) in [6, 6.07) is 7.50. The third-order valence-electron chi connectivity index (χ3n) is 2.94. The maximum atomic E-state index is 11.9. The predicted octanol–water partition coefficient (Wildman–Crippen LogP) is 2.53. The monoisotopic (exact) mass is 232 g/mol. The Morgan fingerprint density at radius 2 is 2.06 bits per heavy atom. The number of benzene rings is 1. The Morgan fingerprint density at radius 1 is 1.35 bits per heavy atom. The highest BCUT2D eigenvalue weighted by atomic mass is 16.5. The van der Waals surface area contributed by atoms with E-state index in [-0.39, 0.29) is 17.9 Å². The largest absolute Gasteiger partial charge is 0.458 e. The van der Waals surface area contributed by atoms with Gasteiger partial charge in [-0.3, -0.25) is 4.79 Å². The number of carbonyl (C=O) groups excluding carboxylic acids is 2. The molecule has 0 atom stereocenters. The highest BCUT2D eigenvalue weighted by Crippen LogP contribution is 2.21. The lowest BCUT2D eigenvalue weighted by Crippen LogP contribution is -2.33. The summed E-state index contributed by atoms with van der Waals surface area (Å²) in [4.78, 5) is 22.7. The number of hydrogen-bond donors (Lipinski definition) is 0. The molecular weight excluding hydrogens is 216 g/mol. The first-order chi connectivity index (χ1) is 8.20. The Balaban J connectivity index is 2.05. The van der Waals surface area contributed by atoms with Crippen molar-refractivity contribution in [1.82, 2.24) is 0 Å². The zero-order valence-corrected chi connectivity index (χ0v) is 9.94. The lowest BCUT2D eigenvalue weighted by Gasteiger charge is -2.24. The van der Waals surface area contributed by atoms with Gasteiger partial charge in [0.1, 0.15) is 11.9 Å². The second-order valence-corrected chi connectivity index (χ2v) is 4.38. The van der Waals surface area contributed by atoms with E-state index in [2.05, 4.69) is 6.92 Å². The zero-order chi connectivity index (χ0) is 12.3. The van der Waals surface area contributed by atoms with E-state index in [1.54, 1.807) is 6.07 Å². The number of ether oxygens (including phenoxy) is 1. The van der Waals surface area contributed by atoms with Crippen LogP contribution in [-0.2, 0) is 16.0 Å². The van der Waals surface area contributed by atoms with Crippen molar-refractivity contribution in [3.05, 3.63) is 35.4 Å². The Hall–Kier alpha value is -1.64. The predicted molar refractivity (Wildman–Crippen MR) is 63.9 cm³/mol. The van der Waals surface area contributed by atoms with Gasteiger partial charge in [0.25, 0.3) is 0 Å². The number of aryl methyl sites for hydroxylation is 1. The van der Waals surface area contributed by atoms with E-state index < -0.39 is 0 Å². The van der Waals surface area contributed by atoms with Gasteiger partial charge >= 0.3 is 5.97 Å². The molecule has 3 heteroatoms. The summed E-state index contributed by atoms with van der Waals surface area (Å²) in [6.45, 7) is 2.08. The van der Waals surface area contributed by atoms with Gasteiger partial charge < -0.3 is 4.74 Å². The van der Waals surface area contributed by atoms with Gasteiger partial charge in [0.15, 0.2) is 0 Å². The minimum absolute atomic E-state index is 0.171. The second-order valence-electron chi connectivity index (χ2n) is 4.38. The highest BCUT2D eigenvalue weighted by Gasteiger charge is 2.30. The van der Waals surface area contributed by atoms with Crippen molar-refractivity contribution >= 4 is 11.8 Å². The summed E-state index contributed by atoms with van der Waals surface area (Å²) in [5.74, 6) is -0.129. The molecule has 0 bridgehead atoms. The third kappa shape index (κ3) is 2.73. The van der Waals surface area contributed by atoms with Gasteiger partial charge in [0.05, 0.1) is 5.56 Å². The van der Waals surface area contributed by atoms with Gasteiger partial charge in [-0.2, -0.15) is 0 Å². The van der Waals surface area contributed by atoms with Gasteiger partial charge in [0, 0.05) is 12.8 Å². The molecule has 0 radical (unpaired) electrons. The van der Waals surface area contributed by atoms with Crippen molar-refractivity contribution < 1.29 is 14.3 Å². The fourth-order valence-electron chi connectivity index (χ4n) is 1.95. The average Bonchev–Trinajstić information content (AvgIpc) is 2.28. The fourth-order valence-corrected chi connectivity index (χ4v) is 1.95. The van der Waals surface area contributed by atoms with Crippen LogP contribution in [0.5, 0.6) is 0 Å². The number of rotatable bonds is 4. The average molecular weight is 232 g/mol. The molecule has 1 aromatic rings. The molecule has 0 N–H and O–H groups in total. The minimum atomic E-state index is -0.299. The molecule has 17 heavy (non-hydrogen) atoms. The lowest BCUT2D eigenvalue weighted by atomic mass is 9.94. The van der Waals surface area contributed by atoms with Crippen LogP contribution < -0.4 is 0 Å². The SMILES string of the molecule is CCCc1ccccc1C(=O)OC1CC(=O)C1. The smallest absolute Gasteiger partial charge is 0.338 e. The van der Waals surface area contributed by atoms with Crippen LogP contribution in [0.25, 0.3) is 0 Å². The molecule has 1 saturated carbocycles. The summed E-state index contributed by atoms with van der Waals surface area (Å²) in [7, 11) is 0. The molecule has 1 aliphatic carbocycles. The minimum Gasteiger partial charge on any atom is -0.458 e. The van der Waals surface area contributed by atoms with Gasteiger partial charge in [-0.25, -0.2) is 4.79 Å². The Labute approximate surface area is 101 Å². The van der Waals surface area contributed by atoms with Crippen molar-refractivity contribution in [3.8, 4) is 0 Å². The number of carbonyl (C=O) groups is 2. The Bertz CT molecular complexity index is 429. The van der Waals surface area contributed by atoms with Crippen LogP contribution in [0.3, 0.4) is 0 Å². The maximum absolute atomic E-state index is 11.9. The number of Topliss-reactive ketones (excluding diaryl/α,β-unsaturated/α-hetero) is 1. The first-order valence-electron chi connectivity index (χ1n) is 6.01. The summed E-state index contributed by atoms with van der Waals surface area (Å²) in [5.41, 5.74) is 1.65. The van der Waals surface area contributed by atoms with E-state index >= 15 is 0 Å². The third-order valence-corrected chi connectivity index (χ3v) is 2.94. The van der Waals surface area contributed by atoms with E-state index in [0.29, 0.717) is 18.4 Å². The Morgan fingerprint density at radius 3 is 2.71 bits per heavy atom. The molecule has 2 rings (SSSR count). The van der Waals surface area contributed by atoms with Crippen molar-refractivity contribution in [2.45, 2.75) is 38.7 Å². The number of ketones is 1. The fraction of sp³-hybridized carbons (Fsp3) is 0.429. The van der Waals surface area contributed by atoms with Gasteiger partial charge in [-0.1, -0.05) is 31.5 Å². The summed E-state index contributed by atoms with van der Waals surface area (Å²) >= 11 is 0. The lowest BCUT2D eigenvalue weighted by molar-refractivity contribution is -0.130. The molecule has 3 nitrogen and oxygen atoms in total. The number of hydrogen-bond acceptors (Lipinski definition) is 3. The topological polar surface area (TPSA) is 43.4 Å². The molecule has 0 saturated heterocycles. The summed E-state index contributed by atoms with van der Waals surface area (Å²) in [6.07, 6.45) is 2.41. The molecule has 0 amide bonds. The second kappa shape index (κ2) is 5.13.